The lowest BCUT2D eigenvalue weighted by Gasteiger charge is -2.16. The molecule has 0 amide bonds. The zero-order chi connectivity index (χ0) is 12.1. The maximum atomic E-state index is 10.9. The molecule has 2 N–H and O–H groups in total. The second-order valence-corrected chi connectivity index (χ2v) is 3.73. The molecule has 1 heterocycles. The van der Waals surface area contributed by atoms with E-state index in [1.165, 1.54) is 0 Å². The van der Waals surface area contributed by atoms with Crippen molar-refractivity contribution in [3.05, 3.63) is 16.5 Å². The van der Waals surface area contributed by atoms with Gasteiger partial charge in [0.15, 0.2) is 6.29 Å². The zero-order valence-corrected chi connectivity index (χ0v) is 9.95. The Morgan fingerprint density at radius 1 is 1.56 bits per heavy atom. The monoisotopic (exact) mass is 243 g/mol. The number of halogens is 1. The van der Waals surface area contributed by atoms with Gasteiger partial charge in [0.1, 0.15) is 16.8 Å². The van der Waals surface area contributed by atoms with Crippen LogP contribution in [0, 0.1) is 6.92 Å². The standard InChI is InChI=1S/C10H14ClN3O2/c1-3-7(4-15)14-10-8(5-16)9(11)12-6(2)13-10/h5,7,15H,3-4H2,1-2H3,(H,12,13,14). The molecule has 0 aromatic carbocycles. The third kappa shape index (κ3) is 2.90. The van der Waals surface area contributed by atoms with Gasteiger partial charge in [-0.25, -0.2) is 9.97 Å². The Morgan fingerprint density at radius 2 is 2.25 bits per heavy atom. The summed E-state index contributed by atoms with van der Waals surface area (Å²) in [5.41, 5.74) is 0.221. The van der Waals surface area contributed by atoms with E-state index in [1.807, 2.05) is 6.92 Å². The molecule has 0 aliphatic carbocycles. The van der Waals surface area contributed by atoms with E-state index in [9.17, 15) is 4.79 Å². The minimum atomic E-state index is -0.149. The summed E-state index contributed by atoms with van der Waals surface area (Å²) in [4.78, 5) is 18.8. The van der Waals surface area contributed by atoms with Gasteiger partial charge in [-0.05, 0) is 13.3 Å². The molecule has 0 saturated heterocycles. The number of nitrogens with zero attached hydrogens (tertiary/aromatic N) is 2. The van der Waals surface area contributed by atoms with Gasteiger partial charge in [0, 0.05) is 0 Å². The average Bonchev–Trinajstić information content (AvgIpc) is 2.25. The first-order chi connectivity index (χ1) is 7.62. The van der Waals surface area contributed by atoms with E-state index in [1.54, 1.807) is 6.92 Å². The third-order valence-corrected chi connectivity index (χ3v) is 2.47. The smallest absolute Gasteiger partial charge is 0.156 e. The van der Waals surface area contributed by atoms with Crippen LogP contribution >= 0.6 is 11.6 Å². The number of hydrogen-bond acceptors (Lipinski definition) is 5. The zero-order valence-electron chi connectivity index (χ0n) is 9.20. The maximum Gasteiger partial charge on any atom is 0.156 e. The number of hydrogen-bond donors (Lipinski definition) is 2. The number of aldehydes is 1. The first-order valence-corrected chi connectivity index (χ1v) is 5.36. The Labute approximate surface area is 98.9 Å². The van der Waals surface area contributed by atoms with Gasteiger partial charge in [0.05, 0.1) is 18.2 Å². The number of aliphatic hydroxyl groups is 1. The summed E-state index contributed by atoms with van der Waals surface area (Å²) >= 11 is 5.82. The van der Waals surface area contributed by atoms with E-state index in [0.29, 0.717) is 17.9 Å². The van der Waals surface area contributed by atoms with Gasteiger partial charge in [0.25, 0.3) is 0 Å². The predicted molar refractivity (Wildman–Crippen MR) is 62.0 cm³/mol. The van der Waals surface area contributed by atoms with Gasteiger partial charge < -0.3 is 10.4 Å². The molecule has 1 rings (SSSR count). The summed E-state index contributed by atoms with van der Waals surface area (Å²) in [6.45, 7) is 3.57. The Balaban J connectivity index is 3.06. The van der Waals surface area contributed by atoms with Crippen molar-refractivity contribution in [1.82, 2.24) is 9.97 Å². The van der Waals surface area contributed by atoms with Crippen molar-refractivity contribution < 1.29 is 9.90 Å². The highest BCUT2D eigenvalue weighted by atomic mass is 35.5. The fraction of sp³-hybridized carbons (Fsp3) is 0.500. The highest BCUT2D eigenvalue weighted by molar-refractivity contribution is 6.32. The molecular weight excluding hydrogens is 230 g/mol. The van der Waals surface area contributed by atoms with Gasteiger partial charge in [0.2, 0.25) is 0 Å². The summed E-state index contributed by atoms with van der Waals surface area (Å²) < 4.78 is 0. The molecule has 88 valence electrons. The maximum absolute atomic E-state index is 10.9. The van der Waals surface area contributed by atoms with Gasteiger partial charge in [-0.1, -0.05) is 18.5 Å². The molecule has 6 heteroatoms. The van der Waals surface area contributed by atoms with Crippen LogP contribution in [0.2, 0.25) is 5.15 Å². The molecule has 0 spiro atoms. The molecule has 1 unspecified atom stereocenters. The van der Waals surface area contributed by atoms with Crippen molar-refractivity contribution >= 4 is 23.7 Å². The van der Waals surface area contributed by atoms with E-state index >= 15 is 0 Å². The molecule has 0 radical (unpaired) electrons. The molecule has 1 atom stereocenters. The number of rotatable bonds is 5. The second-order valence-electron chi connectivity index (χ2n) is 3.37. The van der Waals surface area contributed by atoms with Crippen molar-refractivity contribution in [1.29, 1.82) is 0 Å². The van der Waals surface area contributed by atoms with Gasteiger partial charge in [-0.2, -0.15) is 0 Å². The van der Waals surface area contributed by atoms with Crippen molar-refractivity contribution in [3.63, 3.8) is 0 Å². The number of nitrogens with one attached hydrogen (secondary N) is 1. The Bertz CT molecular complexity index is 381. The Morgan fingerprint density at radius 3 is 2.75 bits per heavy atom. The van der Waals surface area contributed by atoms with Crippen molar-refractivity contribution in [2.24, 2.45) is 0 Å². The third-order valence-electron chi connectivity index (χ3n) is 2.18. The molecule has 16 heavy (non-hydrogen) atoms. The lowest BCUT2D eigenvalue weighted by molar-refractivity contribution is 0.112. The van der Waals surface area contributed by atoms with E-state index < -0.39 is 0 Å². The van der Waals surface area contributed by atoms with E-state index in [-0.39, 0.29) is 23.4 Å². The summed E-state index contributed by atoms with van der Waals surface area (Å²) in [7, 11) is 0. The predicted octanol–water partition coefficient (Wildman–Crippen LogP) is 1.43. The number of anilines is 1. The molecule has 0 saturated carbocycles. The van der Waals surface area contributed by atoms with Crippen LogP contribution < -0.4 is 5.32 Å². The number of carbonyl (C=O) groups is 1. The van der Waals surface area contributed by atoms with Crippen molar-refractivity contribution in [2.75, 3.05) is 11.9 Å². The molecule has 5 nitrogen and oxygen atoms in total. The fourth-order valence-corrected chi connectivity index (χ4v) is 1.49. The molecule has 0 bridgehead atoms. The minimum absolute atomic E-state index is 0.0323. The first kappa shape index (κ1) is 12.9. The lowest BCUT2D eigenvalue weighted by Crippen LogP contribution is -2.24. The highest BCUT2D eigenvalue weighted by Gasteiger charge is 2.13. The van der Waals surface area contributed by atoms with Gasteiger partial charge in [-0.3, -0.25) is 4.79 Å². The van der Waals surface area contributed by atoms with E-state index in [0.717, 1.165) is 6.42 Å². The largest absolute Gasteiger partial charge is 0.394 e. The van der Waals surface area contributed by atoms with Gasteiger partial charge in [-0.15, -0.1) is 0 Å². The Kier molecular flexibility index (Phi) is 4.64. The van der Waals surface area contributed by atoms with E-state index in [4.69, 9.17) is 16.7 Å². The number of aryl methyl sites for hydroxylation is 1. The number of carbonyl (C=O) groups excluding carboxylic acids is 1. The minimum Gasteiger partial charge on any atom is -0.394 e. The lowest BCUT2D eigenvalue weighted by atomic mass is 10.2. The Hall–Kier alpha value is -1.20. The second kappa shape index (κ2) is 5.77. The molecule has 1 aromatic heterocycles. The average molecular weight is 244 g/mol. The number of aliphatic hydroxyl groups excluding tert-OH is 1. The number of aromatic nitrogens is 2. The topological polar surface area (TPSA) is 75.1 Å². The van der Waals surface area contributed by atoms with Crippen LogP contribution in [0.1, 0.15) is 29.5 Å². The molecular formula is C10H14ClN3O2. The van der Waals surface area contributed by atoms with Crippen LogP contribution in [0.15, 0.2) is 0 Å². The first-order valence-electron chi connectivity index (χ1n) is 4.99. The summed E-state index contributed by atoms with van der Waals surface area (Å²) in [6.07, 6.45) is 1.32. The summed E-state index contributed by atoms with van der Waals surface area (Å²) in [5.74, 6) is 0.847. The van der Waals surface area contributed by atoms with Gasteiger partial charge >= 0.3 is 0 Å². The molecule has 1 aromatic rings. The SMILES string of the molecule is CCC(CO)Nc1nc(C)nc(Cl)c1C=O. The summed E-state index contributed by atoms with van der Waals surface area (Å²) in [5, 5.41) is 12.1. The molecule has 0 fully saturated rings. The van der Waals surface area contributed by atoms with Crippen LogP contribution in [-0.2, 0) is 0 Å². The molecule has 0 aliphatic rings. The van der Waals surface area contributed by atoms with Crippen molar-refractivity contribution in [3.8, 4) is 0 Å². The van der Waals surface area contributed by atoms with Crippen LogP contribution in [0.5, 0.6) is 0 Å². The quantitative estimate of drug-likeness (QED) is 0.605. The van der Waals surface area contributed by atoms with Crippen LogP contribution in [0.3, 0.4) is 0 Å². The normalized spacial score (nSPS) is 12.2. The van der Waals surface area contributed by atoms with Crippen molar-refractivity contribution in [2.45, 2.75) is 26.3 Å². The van der Waals surface area contributed by atoms with E-state index in [2.05, 4.69) is 15.3 Å². The highest BCUT2D eigenvalue weighted by Crippen LogP contribution is 2.19. The summed E-state index contributed by atoms with van der Waals surface area (Å²) in [6, 6.07) is -0.149. The van der Waals surface area contributed by atoms with Crippen LogP contribution in [0.25, 0.3) is 0 Å². The fourth-order valence-electron chi connectivity index (χ4n) is 1.23. The van der Waals surface area contributed by atoms with Crippen LogP contribution in [-0.4, -0.2) is 34.0 Å². The van der Waals surface area contributed by atoms with Crippen LogP contribution in [0.4, 0.5) is 5.82 Å². The molecule has 0 aliphatic heterocycles.